The van der Waals surface area contributed by atoms with Gasteiger partial charge in [0.1, 0.15) is 5.76 Å². The Bertz CT molecular complexity index is 1050. The highest BCUT2D eigenvalue weighted by atomic mass is 35.5. The smallest absolute Gasteiger partial charge is 0.224 e. The third-order valence-corrected chi connectivity index (χ3v) is 5.48. The molecule has 2 aromatic rings. The van der Waals surface area contributed by atoms with Crippen molar-refractivity contribution in [1.82, 2.24) is 0 Å². The van der Waals surface area contributed by atoms with Crippen molar-refractivity contribution >= 4 is 29.0 Å². The van der Waals surface area contributed by atoms with Crippen LogP contribution < -0.4 is 10.6 Å². The molecule has 0 spiro atoms. The number of aryl methyl sites for hydroxylation is 1. The summed E-state index contributed by atoms with van der Waals surface area (Å²) in [6.45, 7) is 20.5. The Morgan fingerprint density at radius 3 is 2.08 bits per heavy atom. The van der Waals surface area contributed by atoms with E-state index in [1.54, 1.807) is 32.1 Å². The first-order valence-corrected chi connectivity index (χ1v) is 12.8. The molecule has 0 fully saturated rings. The number of carbonyl (C=O) groups excluding carboxylic acids is 1. The van der Waals surface area contributed by atoms with E-state index in [4.69, 9.17) is 17.3 Å². The molecule has 5 heteroatoms. The maximum Gasteiger partial charge on any atom is 0.224 e. The molecule has 1 aliphatic heterocycles. The Hall–Kier alpha value is -3.24. The third-order valence-electron chi connectivity index (χ3n) is 5.20. The van der Waals surface area contributed by atoms with E-state index >= 15 is 0 Å². The summed E-state index contributed by atoms with van der Waals surface area (Å²) >= 11 is 5.55. The zero-order valence-electron chi connectivity index (χ0n) is 22.9. The Morgan fingerprint density at radius 2 is 1.61 bits per heavy atom. The van der Waals surface area contributed by atoms with Gasteiger partial charge in [-0.1, -0.05) is 88.9 Å². The largest absolute Gasteiger partial charge is 0.508 e. The second-order valence-corrected chi connectivity index (χ2v) is 8.25. The summed E-state index contributed by atoms with van der Waals surface area (Å²) in [5, 5.41) is 10.0. The third kappa shape index (κ3) is 10.2. The molecule has 4 nitrogen and oxygen atoms in total. The first-order chi connectivity index (χ1) is 17.1. The number of benzene rings is 2. The first kappa shape index (κ1) is 32.8. The van der Waals surface area contributed by atoms with Crippen molar-refractivity contribution in [3.05, 3.63) is 95.7 Å². The molecule has 0 saturated heterocycles. The number of amides is 1. The number of allylic oxidation sites excluding steroid dienone is 5. The number of anilines is 1. The fourth-order valence-corrected chi connectivity index (χ4v) is 3.61. The van der Waals surface area contributed by atoms with Gasteiger partial charge in [-0.3, -0.25) is 4.79 Å². The van der Waals surface area contributed by atoms with Crippen LogP contribution in [0.25, 0.3) is 16.9 Å². The lowest BCUT2D eigenvalue weighted by Crippen LogP contribution is -2.40. The van der Waals surface area contributed by atoms with Crippen LogP contribution in [0.2, 0.25) is 0 Å². The minimum atomic E-state index is 0.0769. The lowest BCUT2D eigenvalue weighted by atomic mass is 9.93. The summed E-state index contributed by atoms with van der Waals surface area (Å²) in [5.74, 6) is 0.171. The molecule has 0 bridgehead atoms. The normalized spacial score (nSPS) is 14.4. The SMILES string of the molecule is C=C(O)c1ccc(-c2ccc3c(c2)CC[C@H](C)N3C(C)=O)cc1.C=C/C(Cl)=C\C=C(/C)N.CC.CC. The molecule has 0 saturated carbocycles. The first-order valence-electron chi connectivity index (χ1n) is 12.5. The Morgan fingerprint density at radius 1 is 1.06 bits per heavy atom. The fraction of sp³-hybridized carbons (Fsp3) is 0.323. The molecular weight excluding hydrogens is 468 g/mol. The van der Waals surface area contributed by atoms with Gasteiger partial charge in [0.15, 0.2) is 0 Å². The molecule has 1 atom stereocenters. The number of nitrogens with zero attached hydrogens (tertiary/aromatic N) is 1. The van der Waals surface area contributed by atoms with Crippen LogP contribution in [0, 0.1) is 0 Å². The predicted molar refractivity (Wildman–Crippen MR) is 159 cm³/mol. The van der Waals surface area contributed by atoms with Crippen LogP contribution in [0.1, 0.15) is 66.0 Å². The van der Waals surface area contributed by atoms with Crippen molar-refractivity contribution in [1.29, 1.82) is 0 Å². The van der Waals surface area contributed by atoms with E-state index in [2.05, 4.69) is 32.2 Å². The van der Waals surface area contributed by atoms with Crippen molar-refractivity contribution in [2.75, 3.05) is 4.90 Å². The van der Waals surface area contributed by atoms with Gasteiger partial charge in [-0.05, 0) is 67.7 Å². The van der Waals surface area contributed by atoms with Crippen LogP contribution in [0.3, 0.4) is 0 Å². The monoisotopic (exact) mass is 510 g/mol. The van der Waals surface area contributed by atoms with Crippen molar-refractivity contribution in [2.24, 2.45) is 5.73 Å². The fourth-order valence-electron chi connectivity index (χ4n) is 3.55. The van der Waals surface area contributed by atoms with Gasteiger partial charge in [0.2, 0.25) is 5.91 Å². The summed E-state index contributed by atoms with van der Waals surface area (Å²) in [7, 11) is 0. The zero-order valence-corrected chi connectivity index (χ0v) is 23.7. The van der Waals surface area contributed by atoms with Gasteiger partial charge in [-0.25, -0.2) is 0 Å². The molecular formula is C31H43ClN2O2. The maximum absolute atomic E-state index is 11.9. The average molecular weight is 511 g/mol. The molecule has 36 heavy (non-hydrogen) atoms. The van der Waals surface area contributed by atoms with E-state index in [-0.39, 0.29) is 17.7 Å². The van der Waals surface area contributed by atoms with Crippen molar-refractivity contribution in [3.8, 4) is 11.1 Å². The van der Waals surface area contributed by atoms with Gasteiger partial charge in [0.25, 0.3) is 0 Å². The summed E-state index contributed by atoms with van der Waals surface area (Å²) in [6.07, 6.45) is 6.95. The van der Waals surface area contributed by atoms with Crippen LogP contribution in [-0.2, 0) is 11.2 Å². The second kappa shape index (κ2) is 17.2. The molecule has 2 aromatic carbocycles. The van der Waals surface area contributed by atoms with Crippen LogP contribution in [0.4, 0.5) is 5.69 Å². The lowest BCUT2D eigenvalue weighted by Gasteiger charge is -2.34. The van der Waals surface area contributed by atoms with E-state index < -0.39 is 0 Å². The summed E-state index contributed by atoms with van der Waals surface area (Å²) < 4.78 is 0. The second-order valence-electron chi connectivity index (χ2n) is 7.81. The zero-order chi connectivity index (χ0) is 27.8. The number of fused-ring (bicyclic) bond motifs is 1. The topological polar surface area (TPSA) is 66.6 Å². The number of rotatable bonds is 4. The van der Waals surface area contributed by atoms with E-state index in [0.29, 0.717) is 5.03 Å². The van der Waals surface area contributed by atoms with Gasteiger partial charge in [-0.15, -0.1) is 0 Å². The van der Waals surface area contributed by atoms with Crippen LogP contribution in [0.15, 0.2) is 84.6 Å². The van der Waals surface area contributed by atoms with E-state index in [0.717, 1.165) is 40.9 Å². The molecule has 0 aromatic heterocycles. The minimum absolute atomic E-state index is 0.0769. The summed E-state index contributed by atoms with van der Waals surface area (Å²) in [5.41, 5.74) is 11.2. The van der Waals surface area contributed by atoms with Crippen LogP contribution in [0.5, 0.6) is 0 Å². The molecule has 0 unspecified atom stereocenters. The maximum atomic E-state index is 11.9. The van der Waals surface area contributed by atoms with Gasteiger partial charge in [-0.2, -0.15) is 0 Å². The standard InChI is InChI=1S/C20H21NO2.C7H10ClN.2C2H6/c1-13-4-5-19-12-18(10-11-20(19)21(13)15(3)23)17-8-6-16(7-9-17)14(2)22;1-3-7(8)5-4-6(2)9;2*1-2/h6-13,22H,2,4-5H2,1,3H3;3-5H,1,9H2,2H3;2*1-2H3/b;6-4+,7-5+;;/t13-;;;/m0.../s1. The number of carbonyl (C=O) groups is 1. The average Bonchev–Trinajstić information content (AvgIpc) is 2.89. The Balaban J connectivity index is 0.000000797. The Kier molecular flexibility index (Phi) is 15.7. The molecule has 1 amide bonds. The molecule has 1 aliphatic rings. The molecule has 0 radical (unpaired) electrons. The van der Waals surface area contributed by atoms with Crippen molar-refractivity contribution in [2.45, 2.75) is 67.3 Å². The quantitative estimate of drug-likeness (QED) is 0.319. The lowest BCUT2D eigenvalue weighted by molar-refractivity contribution is -0.117. The number of nitrogens with two attached hydrogens (primary N) is 1. The molecule has 1 heterocycles. The number of hydrogen-bond acceptors (Lipinski definition) is 3. The molecule has 3 N–H and O–H groups in total. The van der Waals surface area contributed by atoms with Gasteiger partial charge in [0.05, 0.1) is 0 Å². The van der Waals surface area contributed by atoms with Crippen molar-refractivity contribution in [3.63, 3.8) is 0 Å². The number of aliphatic hydroxyl groups excluding tert-OH is 1. The van der Waals surface area contributed by atoms with Crippen molar-refractivity contribution < 1.29 is 9.90 Å². The minimum Gasteiger partial charge on any atom is -0.508 e. The van der Waals surface area contributed by atoms with Gasteiger partial charge >= 0.3 is 0 Å². The van der Waals surface area contributed by atoms with E-state index in [1.807, 2.05) is 62.9 Å². The number of halogens is 1. The molecule has 196 valence electrons. The highest BCUT2D eigenvalue weighted by molar-refractivity contribution is 6.31. The van der Waals surface area contributed by atoms with Gasteiger partial charge < -0.3 is 15.7 Å². The predicted octanol–water partition coefficient (Wildman–Crippen LogP) is 8.78. The highest BCUT2D eigenvalue weighted by Crippen LogP contribution is 2.34. The van der Waals surface area contributed by atoms with Crippen LogP contribution in [-0.4, -0.2) is 17.1 Å². The summed E-state index contributed by atoms with van der Waals surface area (Å²) in [4.78, 5) is 13.8. The number of aliphatic hydroxyl groups is 1. The van der Waals surface area contributed by atoms with Crippen LogP contribution >= 0.6 is 11.6 Å². The number of hydrogen-bond donors (Lipinski definition) is 2. The summed E-state index contributed by atoms with van der Waals surface area (Å²) in [6, 6.07) is 14.2. The Labute approximate surface area is 223 Å². The highest BCUT2D eigenvalue weighted by Gasteiger charge is 2.26. The van der Waals surface area contributed by atoms with Gasteiger partial charge in [0, 0.05) is 34.9 Å². The van der Waals surface area contributed by atoms with E-state index in [9.17, 15) is 9.90 Å². The molecule has 3 rings (SSSR count). The van der Waals surface area contributed by atoms with E-state index in [1.165, 1.54) is 5.56 Å². The molecule has 0 aliphatic carbocycles.